The van der Waals surface area contributed by atoms with Crippen LogP contribution in [-0.2, 0) is 65.4 Å². The number of hydrogen-bond donors (Lipinski definition) is 3. The second-order valence-corrected chi connectivity index (χ2v) is 31.4. The number of carbonyl (C=O) groups is 4. The van der Waals surface area contributed by atoms with E-state index < -0.39 is 97.5 Å². The van der Waals surface area contributed by atoms with Gasteiger partial charge in [0.05, 0.1) is 26.4 Å². The van der Waals surface area contributed by atoms with Gasteiger partial charge in [0.1, 0.15) is 19.3 Å². The van der Waals surface area contributed by atoms with Gasteiger partial charge in [-0.15, -0.1) is 0 Å². The van der Waals surface area contributed by atoms with E-state index in [4.69, 9.17) is 37.0 Å². The summed E-state index contributed by atoms with van der Waals surface area (Å²) >= 11 is 0. The minimum absolute atomic E-state index is 0.0855. The van der Waals surface area contributed by atoms with Crippen LogP contribution in [0.2, 0.25) is 0 Å². The van der Waals surface area contributed by atoms with Crippen LogP contribution in [0.1, 0.15) is 413 Å². The quantitative estimate of drug-likeness (QED) is 0.0169. The molecule has 0 saturated heterocycles. The zero-order valence-electron chi connectivity index (χ0n) is 64.7. The SMILES string of the molecule is CCCCCC/C=C\C=C/CCCCCCCC(=O)O[C@H](COC(=O)CCCCCCCCCC)COP(=O)(O)OC[C@H](O)COP(=O)(O)OC[C@@H](COC(=O)CCCCCCCCCCCCCCCCCCCC)OC(=O)CCCCCCCCCCCCCCCCCCCCC. The molecule has 0 spiro atoms. The van der Waals surface area contributed by atoms with Crippen LogP contribution in [0.25, 0.3) is 0 Å². The maximum absolute atomic E-state index is 13.1. The second-order valence-electron chi connectivity index (χ2n) is 28.5. The van der Waals surface area contributed by atoms with Gasteiger partial charge in [-0.25, -0.2) is 9.13 Å². The molecule has 0 amide bonds. The summed E-state index contributed by atoms with van der Waals surface area (Å²) in [5.41, 5.74) is 0. The van der Waals surface area contributed by atoms with E-state index in [1.807, 2.05) is 0 Å². The number of phosphoric acid groups is 2. The molecular formula is C81H154O17P2. The molecule has 0 saturated carbocycles. The summed E-state index contributed by atoms with van der Waals surface area (Å²) in [6.45, 7) is 4.93. The number of rotatable bonds is 80. The highest BCUT2D eigenvalue weighted by Gasteiger charge is 2.30. The first-order valence-corrected chi connectivity index (χ1v) is 44.6. The van der Waals surface area contributed by atoms with Crippen LogP contribution >= 0.6 is 15.6 Å². The molecule has 0 aromatic rings. The molecule has 0 bridgehead atoms. The normalized spacial score (nSPS) is 13.9. The van der Waals surface area contributed by atoms with E-state index in [2.05, 4.69) is 52.0 Å². The highest BCUT2D eigenvalue weighted by Crippen LogP contribution is 2.45. The number of esters is 4. The standard InChI is InChI=1S/C81H154O17P2/c1-5-9-13-17-21-25-28-31-34-36-38-40-43-46-49-52-56-60-64-68-81(86)98-77(72-92-79(84)66-62-58-54-50-47-44-42-39-37-35-32-29-26-22-18-14-10-6-2)74-96-100(89,90)94-70-75(82)69-93-99(87,88)95-73-76(71-91-78(83)65-61-57-53-24-20-16-12-8-4)97-80(85)67-63-59-55-51-48-45-41-33-30-27-23-19-15-11-7-3/h27,30,33,41,75-77,82H,5-26,28-29,31-32,34-40,42-74H2,1-4H3,(H,87,88)(H,89,90)/b30-27-,41-33-/t75-,76+,77+/m0/s1. The van der Waals surface area contributed by atoms with Gasteiger partial charge < -0.3 is 33.8 Å². The second kappa shape index (κ2) is 74.8. The average Bonchev–Trinajstić information content (AvgIpc) is 0.944. The fourth-order valence-electron chi connectivity index (χ4n) is 12.1. The van der Waals surface area contributed by atoms with Gasteiger partial charge >= 0.3 is 39.5 Å². The largest absolute Gasteiger partial charge is 0.472 e. The Labute approximate surface area is 612 Å². The lowest BCUT2D eigenvalue weighted by molar-refractivity contribution is -0.161. The van der Waals surface area contributed by atoms with E-state index in [0.717, 1.165) is 109 Å². The number of hydrogen-bond acceptors (Lipinski definition) is 15. The summed E-state index contributed by atoms with van der Waals surface area (Å²) in [6.07, 6.45) is 70.3. The lowest BCUT2D eigenvalue weighted by Gasteiger charge is -2.21. The van der Waals surface area contributed by atoms with Crippen LogP contribution in [0.15, 0.2) is 24.3 Å². The third-order valence-corrected chi connectivity index (χ3v) is 20.4. The van der Waals surface area contributed by atoms with Crippen molar-refractivity contribution < 1.29 is 80.2 Å². The van der Waals surface area contributed by atoms with Gasteiger partial charge in [0.25, 0.3) is 0 Å². The third-order valence-electron chi connectivity index (χ3n) is 18.5. The summed E-state index contributed by atoms with van der Waals surface area (Å²) in [5, 5.41) is 10.6. The van der Waals surface area contributed by atoms with Gasteiger partial charge in [0, 0.05) is 25.7 Å². The summed E-state index contributed by atoms with van der Waals surface area (Å²) in [5.74, 6) is -2.14. The molecule has 0 rings (SSSR count). The molecule has 0 aliphatic carbocycles. The Morgan fingerprint density at radius 3 is 0.730 bits per heavy atom. The van der Waals surface area contributed by atoms with Crippen molar-refractivity contribution in [2.75, 3.05) is 39.6 Å². The molecule has 0 aromatic carbocycles. The number of aliphatic hydroxyl groups excluding tert-OH is 1. The molecule has 0 heterocycles. The third kappa shape index (κ3) is 73.8. The molecular weight excluding hydrogens is 1310 g/mol. The van der Waals surface area contributed by atoms with Gasteiger partial charge in [-0.05, 0) is 51.4 Å². The highest BCUT2D eigenvalue weighted by molar-refractivity contribution is 7.47. The summed E-state index contributed by atoms with van der Waals surface area (Å²) < 4.78 is 68.6. The van der Waals surface area contributed by atoms with Crippen LogP contribution in [0.5, 0.6) is 0 Å². The lowest BCUT2D eigenvalue weighted by Crippen LogP contribution is -2.30. The summed E-state index contributed by atoms with van der Waals surface area (Å²) in [4.78, 5) is 72.9. The first-order chi connectivity index (χ1) is 48.7. The number of allylic oxidation sites excluding steroid dienone is 4. The van der Waals surface area contributed by atoms with E-state index in [1.165, 1.54) is 225 Å². The molecule has 5 atom stereocenters. The molecule has 0 aliphatic rings. The minimum Gasteiger partial charge on any atom is -0.462 e. The summed E-state index contributed by atoms with van der Waals surface area (Å²) in [6, 6.07) is 0. The fraction of sp³-hybridized carbons (Fsp3) is 0.901. The van der Waals surface area contributed by atoms with Gasteiger partial charge in [-0.1, -0.05) is 360 Å². The molecule has 100 heavy (non-hydrogen) atoms. The van der Waals surface area contributed by atoms with Crippen molar-refractivity contribution >= 4 is 39.5 Å². The Morgan fingerprint density at radius 2 is 0.480 bits per heavy atom. The predicted molar refractivity (Wildman–Crippen MR) is 409 cm³/mol. The molecule has 590 valence electrons. The number of aliphatic hydroxyl groups is 1. The first kappa shape index (κ1) is 97.5. The molecule has 2 unspecified atom stereocenters. The van der Waals surface area contributed by atoms with Crippen molar-refractivity contribution in [1.82, 2.24) is 0 Å². The van der Waals surface area contributed by atoms with Crippen molar-refractivity contribution in [2.45, 2.75) is 431 Å². The Hall–Kier alpha value is -2.46. The number of phosphoric ester groups is 2. The minimum atomic E-state index is -4.96. The van der Waals surface area contributed by atoms with Gasteiger partial charge in [-0.2, -0.15) is 0 Å². The molecule has 0 aromatic heterocycles. The van der Waals surface area contributed by atoms with Crippen molar-refractivity contribution in [3.05, 3.63) is 24.3 Å². The molecule has 17 nitrogen and oxygen atoms in total. The molecule has 0 aliphatic heterocycles. The Balaban J connectivity index is 5.23. The number of unbranched alkanes of at least 4 members (excludes halogenated alkanes) is 51. The van der Waals surface area contributed by atoms with Crippen LogP contribution in [0, 0.1) is 0 Å². The Morgan fingerprint density at radius 1 is 0.280 bits per heavy atom. The van der Waals surface area contributed by atoms with Gasteiger partial charge in [0.15, 0.2) is 12.2 Å². The van der Waals surface area contributed by atoms with Crippen molar-refractivity contribution in [3.63, 3.8) is 0 Å². The van der Waals surface area contributed by atoms with Crippen LogP contribution in [-0.4, -0.2) is 96.7 Å². The Bertz CT molecular complexity index is 1990. The van der Waals surface area contributed by atoms with E-state index >= 15 is 0 Å². The van der Waals surface area contributed by atoms with E-state index in [-0.39, 0.29) is 25.7 Å². The van der Waals surface area contributed by atoms with E-state index in [1.54, 1.807) is 0 Å². The maximum Gasteiger partial charge on any atom is 0.472 e. The van der Waals surface area contributed by atoms with Crippen LogP contribution in [0.4, 0.5) is 0 Å². The van der Waals surface area contributed by atoms with E-state index in [0.29, 0.717) is 25.7 Å². The highest BCUT2D eigenvalue weighted by atomic mass is 31.2. The predicted octanol–water partition coefficient (Wildman–Crippen LogP) is 24.1. The molecule has 0 radical (unpaired) electrons. The van der Waals surface area contributed by atoms with Crippen LogP contribution < -0.4 is 0 Å². The van der Waals surface area contributed by atoms with Gasteiger partial charge in [0.2, 0.25) is 0 Å². The monoisotopic (exact) mass is 1460 g/mol. The zero-order chi connectivity index (χ0) is 73.2. The topological polar surface area (TPSA) is 237 Å². The fourth-order valence-corrected chi connectivity index (χ4v) is 13.7. The van der Waals surface area contributed by atoms with Crippen molar-refractivity contribution in [1.29, 1.82) is 0 Å². The van der Waals surface area contributed by atoms with Crippen LogP contribution in [0.3, 0.4) is 0 Å². The maximum atomic E-state index is 13.1. The Kier molecular flexibility index (Phi) is 73.0. The summed E-state index contributed by atoms with van der Waals surface area (Å²) in [7, 11) is -9.93. The number of ether oxygens (including phenoxy) is 4. The van der Waals surface area contributed by atoms with Crippen molar-refractivity contribution in [2.24, 2.45) is 0 Å². The van der Waals surface area contributed by atoms with E-state index in [9.17, 15) is 43.2 Å². The molecule has 19 heteroatoms. The molecule has 0 fully saturated rings. The average molecular weight is 1460 g/mol. The van der Waals surface area contributed by atoms with Crippen molar-refractivity contribution in [3.8, 4) is 0 Å². The zero-order valence-corrected chi connectivity index (χ0v) is 66.5. The smallest absolute Gasteiger partial charge is 0.462 e. The lowest BCUT2D eigenvalue weighted by atomic mass is 10.0. The molecule has 3 N–H and O–H groups in total. The first-order valence-electron chi connectivity index (χ1n) is 41.6. The van der Waals surface area contributed by atoms with Gasteiger partial charge in [-0.3, -0.25) is 37.3 Å². The number of carbonyl (C=O) groups excluding carboxylic acids is 4.